The molecular weight excluding hydrogens is 260 g/mol. The first-order valence-corrected chi connectivity index (χ1v) is 7.13. The van der Waals surface area contributed by atoms with Crippen LogP contribution in [0.15, 0.2) is 0 Å². The van der Waals surface area contributed by atoms with Crippen LogP contribution < -0.4 is 5.73 Å². The van der Waals surface area contributed by atoms with Crippen molar-refractivity contribution in [2.45, 2.75) is 51.7 Å². The Morgan fingerprint density at radius 3 is 2.85 bits per heavy atom. The quantitative estimate of drug-likeness (QED) is 0.733. The standard InChI is InChI=1S/C14H24N2O4/c1-13(2,3)20-12(18)16-6-4-5-14(9-16)7-11(17)19-10(14)8-15/h10H,4-9,15H2,1-3H3. The number of hydrogen-bond donors (Lipinski definition) is 1. The molecule has 0 aromatic heterocycles. The predicted octanol–water partition coefficient (Wildman–Crippen LogP) is 1.28. The molecule has 0 aliphatic carbocycles. The van der Waals surface area contributed by atoms with Gasteiger partial charge in [0.2, 0.25) is 0 Å². The molecule has 2 saturated heterocycles. The molecular formula is C14H24N2O4. The molecule has 2 N–H and O–H groups in total. The Bertz CT molecular complexity index is 404. The number of likely N-dealkylation sites (tertiary alicyclic amines) is 1. The minimum absolute atomic E-state index is 0.216. The van der Waals surface area contributed by atoms with Crippen molar-refractivity contribution >= 4 is 12.1 Å². The first-order chi connectivity index (χ1) is 9.26. The fourth-order valence-corrected chi connectivity index (χ4v) is 3.07. The maximum absolute atomic E-state index is 12.2. The van der Waals surface area contributed by atoms with Crippen LogP contribution in [0, 0.1) is 5.41 Å². The van der Waals surface area contributed by atoms with Gasteiger partial charge in [0.05, 0.1) is 6.42 Å². The topological polar surface area (TPSA) is 81.9 Å². The summed E-state index contributed by atoms with van der Waals surface area (Å²) >= 11 is 0. The van der Waals surface area contributed by atoms with Crippen molar-refractivity contribution < 1.29 is 19.1 Å². The molecule has 2 aliphatic rings. The Kier molecular flexibility index (Phi) is 3.95. The van der Waals surface area contributed by atoms with Crippen LogP contribution in [0.2, 0.25) is 0 Å². The van der Waals surface area contributed by atoms with E-state index in [1.165, 1.54) is 0 Å². The monoisotopic (exact) mass is 284 g/mol. The number of nitrogens with two attached hydrogens (primary N) is 1. The zero-order valence-electron chi connectivity index (χ0n) is 12.5. The van der Waals surface area contributed by atoms with Crippen LogP contribution in [0.25, 0.3) is 0 Å². The van der Waals surface area contributed by atoms with Crippen molar-refractivity contribution in [3.05, 3.63) is 0 Å². The highest BCUT2D eigenvalue weighted by atomic mass is 16.6. The Labute approximate surface area is 119 Å². The van der Waals surface area contributed by atoms with Crippen LogP contribution >= 0.6 is 0 Å². The number of piperidine rings is 1. The summed E-state index contributed by atoms with van der Waals surface area (Å²) in [6.45, 7) is 6.96. The fourth-order valence-electron chi connectivity index (χ4n) is 3.07. The third-order valence-electron chi connectivity index (χ3n) is 3.93. The van der Waals surface area contributed by atoms with Crippen LogP contribution in [0.3, 0.4) is 0 Å². The van der Waals surface area contributed by atoms with Gasteiger partial charge < -0.3 is 20.1 Å². The number of amides is 1. The number of carbonyl (C=O) groups is 2. The Morgan fingerprint density at radius 1 is 1.55 bits per heavy atom. The second-order valence-corrected chi connectivity index (χ2v) is 6.76. The van der Waals surface area contributed by atoms with E-state index < -0.39 is 5.60 Å². The lowest BCUT2D eigenvalue weighted by Gasteiger charge is -2.41. The number of nitrogens with zero attached hydrogens (tertiary/aromatic N) is 1. The molecule has 0 saturated carbocycles. The second kappa shape index (κ2) is 5.24. The molecule has 0 aromatic carbocycles. The van der Waals surface area contributed by atoms with Gasteiger partial charge in [-0.2, -0.15) is 0 Å². The summed E-state index contributed by atoms with van der Waals surface area (Å²) in [6.07, 6.45) is 1.42. The summed E-state index contributed by atoms with van der Waals surface area (Å²) in [5.41, 5.74) is 4.86. The average Bonchev–Trinajstić information content (AvgIpc) is 2.63. The largest absolute Gasteiger partial charge is 0.460 e. The van der Waals surface area contributed by atoms with Crippen molar-refractivity contribution in [3.63, 3.8) is 0 Å². The van der Waals surface area contributed by atoms with Crippen molar-refractivity contribution in [2.75, 3.05) is 19.6 Å². The van der Waals surface area contributed by atoms with Gasteiger partial charge in [-0.25, -0.2) is 4.79 Å². The van der Waals surface area contributed by atoms with Crippen molar-refractivity contribution in [2.24, 2.45) is 11.1 Å². The van der Waals surface area contributed by atoms with E-state index >= 15 is 0 Å². The number of cyclic esters (lactones) is 1. The van der Waals surface area contributed by atoms with Gasteiger partial charge in [-0.15, -0.1) is 0 Å². The molecule has 6 heteroatoms. The van der Waals surface area contributed by atoms with Crippen LogP contribution in [0.4, 0.5) is 4.79 Å². The van der Waals surface area contributed by atoms with E-state index in [0.29, 0.717) is 26.1 Å². The zero-order valence-corrected chi connectivity index (χ0v) is 12.5. The molecule has 1 amide bonds. The lowest BCUT2D eigenvalue weighted by Crippen LogP contribution is -2.52. The summed E-state index contributed by atoms with van der Waals surface area (Å²) in [5.74, 6) is -0.216. The number of rotatable bonds is 1. The van der Waals surface area contributed by atoms with Gasteiger partial charge in [0, 0.05) is 25.0 Å². The van der Waals surface area contributed by atoms with E-state index in [9.17, 15) is 9.59 Å². The molecule has 6 nitrogen and oxygen atoms in total. The van der Waals surface area contributed by atoms with Gasteiger partial charge in [0.1, 0.15) is 11.7 Å². The molecule has 2 atom stereocenters. The van der Waals surface area contributed by atoms with Crippen molar-refractivity contribution in [3.8, 4) is 0 Å². The highest BCUT2D eigenvalue weighted by molar-refractivity contribution is 5.74. The highest BCUT2D eigenvalue weighted by Crippen LogP contribution is 2.43. The van der Waals surface area contributed by atoms with Gasteiger partial charge in [-0.1, -0.05) is 0 Å². The summed E-state index contributed by atoms with van der Waals surface area (Å²) in [4.78, 5) is 25.4. The van der Waals surface area contributed by atoms with Crippen molar-refractivity contribution in [1.82, 2.24) is 4.90 Å². The molecule has 2 fully saturated rings. The summed E-state index contributed by atoms with van der Waals surface area (Å²) in [7, 11) is 0. The average molecular weight is 284 g/mol. The van der Waals surface area contributed by atoms with E-state index in [2.05, 4.69) is 0 Å². The molecule has 2 heterocycles. The minimum atomic E-state index is -0.517. The SMILES string of the molecule is CC(C)(C)OC(=O)N1CCCC2(CC(=O)OC2CN)C1. The van der Waals surface area contributed by atoms with Crippen LogP contribution in [0.5, 0.6) is 0 Å². The number of hydrogen-bond acceptors (Lipinski definition) is 5. The van der Waals surface area contributed by atoms with Gasteiger partial charge in [-0.3, -0.25) is 4.79 Å². The van der Waals surface area contributed by atoms with Crippen LogP contribution in [-0.2, 0) is 14.3 Å². The summed E-state index contributed by atoms with van der Waals surface area (Å²) < 4.78 is 10.7. The van der Waals surface area contributed by atoms with Crippen molar-refractivity contribution in [1.29, 1.82) is 0 Å². The minimum Gasteiger partial charge on any atom is -0.460 e. The third-order valence-corrected chi connectivity index (χ3v) is 3.93. The van der Waals surface area contributed by atoms with Gasteiger partial charge >= 0.3 is 12.1 Å². The molecule has 1 spiro atoms. The van der Waals surface area contributed by atoms with E-state index in [4.69, 9.17) is 15.2 Å². The molecule has 0 aromatic rings. The number of esters is 1. The highest BCUT2D eigenvalue weighted by Gasteiger charge is 2.51. The molecule has 2 rings (SSSR count). The lowest BCUT2D eigenvalue weighted by molar-refractivity contribution is -0.141. The fraction of sp³-hybridized carbons (Fsp3) is 0.857. The van der Waals surface area contributed by atoms with Gasteiger partial charge in [-0.05, 0) is 33.6 Å². The van der Waals surface area contributed by atoms with Crippen LogP contribution in [0.1, 0.15) is 40.0 Å². The van der Waals surface area contributed by atoms with Gasteiger partial charge in [0.25, 0.3) is 0 Å². The third kappa shape index (κ3) is 3.06. The Morgan fingerprint density at radius 2 is 2.25 bits per heavy atom. The molecule has 0 radical (unpaired) electrons. The summed E-state index contributed by atoms with van der Waals surface area (Å²) in [5, 5.41) is 0. The normalized spacial score (nSPS) is 30.5. The maximum atomic E-state index is 12.2. The van der Waals surface area contributed by atoms with Gasteiger partial charge in [0.15, 0.2) is 0 Å². The second-order valence-electron chi connectivity index (χ2n) is 6.76. The molecule has 20 heavy (non-hydrogen) atoms. The molecule has 114 valence electrons. The smallest absolute Gasteiger partial charge is 0.410 e. The lowest BCUT2D eigenvalue weighted by atomic mass is 9.74. The predicted molar refractivity (Wildman–Crippen MR) is 73.0 cm³/mol. The zero-order chi connectivity index (χ0) is 15.0. The van der Waals surface area contributed by atoms with E-state index in [1.807, 2.05) is 20.8 Å². The number of ether oxygens (including phenoxy) is 2. The first-order valence-electron chi connectivity index (χ1n) is 7.13. The number of carbonyl (C=O) groups excluding carboxylic acids is 2. The Balaban J connectivity index is 2.08. The van der Waals surface area contributed by atoms with Crippen LogP contribution in [-0.4, -0.2) is 48.3 Å². The molecule has 2 aliphatic heterocycles. The van der Waals surface area contributed by atoms with E-state index in [0.717, 1.165) is 12.8 Å². The maximum Gasteiger partial charge on any atom is 0.410 e. The van der Waals surface area contributed by atoms with E-state index in [1.54, 1.807) is 4.90 Å². The first kappa shape index (κ1) is 15.1. The van der Waals surface area contributed by atoms with E-state index in [-0.39, 0.29) is 23.6 Å². The molecule has 0 bridgehead atoms. The molecule has 2 unspecified atom stereocenters. The Hall–Kier alpha value is -1.30. The summed E-state index contributed by atoms with van der Waals surface area (Å²) in [6, 6.07) is 0.